The van der Waals surface area contributed by atoms with E-state index < -0.39 is 0 Å². The predicted molar refractivity (Wildman–Crippen MR) is 75.8 cm³/mol. The Morgan fingerprint density at radius 2 is 1.72 bits per heavy atom. The molecular formula is C16H25NO. The first-order valence-electron chi connectivity index (χ1n) is 7.26. The average Bonchev–Trinajstić information content (AvgIpc) is 2.42. The number of rotatable bonds is 5. The third-order valence-corrected chi connectivity index (χ3v) is 3.93. The van der Waals surface area contributed by atoms with E-state index in [0.29, 0.717) is 0 Å². The molecule has 0 saturated carbocycles. The Balaban J connectivity index is 1.68. The lowest BCUT2D eigenvalue weighted by Gasteiger charge is -2.29. The molecule has 1 aliphatic heterocycles. The second-order valence-electron chi connectivity index (χ2n) is 5.35. The van der Waals surface area contributed by atoms with Gasteiger partial charge in [-0.15, -0.1) is 0 Å². The van der Waals surface area contributed by atoms with Crippen molar-refractivity contribution in [1.29, 1.82) is 0 Å². The van der Waals surface area contributed by atoms with Crippen LogP contribution in [-0.4, -0.2) is 35.7 Å². The van der Waals surface area contributed by atoms with Crippen molar-refractivity contribution in [2.75, 3.05) is 19.6 Å². The first-order valence-corrected chi connectivity index (χ1v) is 7.26. The molecule has 0 radical (unpaired) electrons. The fraction of sp³-hybridized carbons (Fsp3) is 0.625. The minimum atomic E-state index is -0.0529. The molecule has 100 valence electrons. The van der Waals surface area contributed by atoms with Crippen LogP contribution in [-0.2, 0) is 12.8 Å². The van der Waals surface area contributed by atoms with Gasteiger partial charge in [0.2, 0.25) is 0 Å². The van der Waals surface area contributed by atoms with Crippen LogP contribution in [0.3, 0.4) is 0 Å². The van der Waals surface area contributed by atoms with Crippen LogP contribution >= 0.6 is 0 Å². The maximum Gasteiger partial charge on any atom is 0.0564 e. The molecule has 0 spiro atoms. The Labute approximate surface area is 111 Å². The van der Waals surface area contributed by atoms with Crippen LogP contribution in [0.2, 0.25) is 0 Å². The first kappa shape index (κ1) is 13.6. The van der Waals surface area contributed by atoms with E-state index in [9.17, 15) is 5.11 Å². The minimum Gasteiger partial charge on any atom is -0.393 e. The van der Waals surface area contributed by atoms with E-state index in [1.165, 1.54) is 30.5 Å². The van der Waals surface area contributed by atoms with E-state index >= 15 is 0 Å². The number of benzene rings is 1. The molecule has 18 heavy (non-hydrogen) atoms. The molecule has 2 rings (SSSR count). The molecule has 1 N–H and O–H groups in total. The van der Waals surface area contributed by atoms with Crippen molar-refractivity contribution in [1.82, 2.24) is 4.90 Å². The number of likely N-dealkylation sites (tertiary alicyclic amines) is 1. The number of hydrogen-bond donors (Lipinski definition) is 1. The highest BCUT2D eigenvalue weighted by atomic mass is 16.3. The number of hydrogen-bond acceptors (Lipinski definition) is 2. The summed E-state index contributed by atoms with van der Waals surface area (Å²) in [5.41, 5.74) is 2.87. The molecule has 1 aliphatic rings. The van der Waals surface area contributed by atoms with Gasteiger partial charge in [-0.2, -0.15) is 0 Å². The van der Waals surface area contributed by atoms with Gasteiger partial charge in [0.1, 0.15) is 0 Å². The fourth-order valence-corrected chi connectivity index (χ4v) is 2.59. The third kappa shape index (κ3) is 4.11. The van der Waals surface area contributed by atoms with Gasteiger partial charge < -0.3 is 10.0 Å². The van der Waals surface area contributed by atoms with E-state index in [2.05, 4.69) is 36.1 Å². The molecule has 0 aromatic heterocycles. The Hall–Kier alpha value is -0.860. The van der Waals surface area contributed by atoms with Gasteiger partial charge in [-0.25, -0.2) is 0 Å². The average molecular weight is 247 g/mol. The topological polar surface area (TPSA) is 23.5 Å². The molecule has 1 saturated heterocycles. The molecule has 0 atom stereocenters. The van der Waals surface area contributed by atoms with E-state index in [1.54, 1.807) is 0 Å². The van der Waals surface area contributed by atoms with Crippen molar-refractivity contribution in [2.45, 2.75) is 45.1 Å². The summed E-state index contributed by atoms with van der Waals surface area (Å²) in [6.07, 6.45) is 5.36. The first-order chi connectivity index (χ1) is 8.78. The molecule has 1 fully saturated rings. The summed E-state index contributed by atoms with van der Waals surface area (Å²) >= 11 is 0. The van der Waals surface area contributed by atoms with Gasteiger partial charge in [-0.3, -0.25) is 0 Å². The maximum absolute atomic E-state index is 9.45. The summed E-state index contributed by atoms with van der Waals surface area (Å²) in [5.74, 6) is 0. The van der Waals surface area contributed by atoms with E-state index in [0.717, 1.165) is 32.4 Å². The molecule has 1 heterocycles. The Bertz CT molecular complexity index is 339. The number of aryl methyl sites for hydroxylation is 2. The summed E-state index contributed by atoms with van der Waals surface area (Å²) in [6.45, 7) is 5.49. The van der Waals surface area contributed by atoms with E-state index in [-0.39, 0.29) is 6.10 Å². The van der Waals surface area contributed by atoms with Crippen LogP contribution in [0.4, 0.5) is 0 Å². The normalized spacial score (nSPS) is 18.1. The van der Waals surface area contributed by atoms with E-state index in [4.69, 9.17) is 0 Å². The number of aliphatic hydroxyl groups excluding tert-OH is 1. The Morgan fingerprint density at radius 1 is 1.11 bits per heavy atom. The zero-order valence-corrected chi connectivity index (χ0v) is 11.4. The molecule has 0 amide bonds. The van der Waals surface area contributed by atoms with Crippen molar-refractivity contribution < 1.29 is 5.11 Å². The Morgan fingerprint density at radius 3 is 2.33 bits per heavy atom. The van der Waals surface area contributed by atoms with Gasteiger partial charge in [-0.05, 0) is 49.8 Å². The standard InChI is InChI=1S/C16H25NO/c1-2-14-5-7-15(8-6-14)4-3-11-17-12-9-16(18)10-13-17/h5-8,16,18H,2-4,9-13H2,1H3. The fourth-order valence-electron chi connectivity index (χ4n) is 2.59. The monoisotopic (exact) mass is 247 g/mol. The smallest absolute Gasteiger partial charge is 0.0564 e. The van der Waals surface area contributed by atoms with E-state index in [1.807, 2.05) is 0 Å². The lowest BCUT2D eigenvalue weighted by atomic mass is 10.0. The van der Waals surface area contributed by atoms with Gasteiger partial charge in [-0.1, -0.05) is 31.2 Å². The quantitative estimate of drug-likeness (QED) is 0.864. The number of aliphatic hydroxyl groups is 1. The zero-order chi connectivity index (χ0) is 12.8. The van der Waals surface area contributed by atoms with Gasteiger partial charge in [0.05, 0.1) is 6.10 Å². The van der Waals surface area contributed by atoms with Gasteiger partial charge in [0, 0.05) is 13.1 Å². The highest BCUT2D eigenvalue weighted by molar-refractivity contribution is 5.22. The van der Waals surface area contributed by atoms with Crippen molar-refractivity contribution in [3.63, 3.8) is 0 Å². The molecule has 1 aromatic carbocycles. The van der Waals surface area contributed by atoms with Crippen molar-refractivity contribution in [3.05, 3.63) is 35.4 Å². The summed E-state index contributed by atoms with van der Waals surface area (Å²) in [4.78, 5) is 2.48. The minimum absolute atomic E-state index is 0.0529. The summed E-state index contributed by atoms with van der Waals surface area (Å²) in [5, 5.41) is 9.45. The van der Waals surface area contributed by atoms with Crippen molar-refractivity contribution in [2.24, 2.45) is 0 Å². The largest absolute Gasteiger partial charge is 0.393 e. The molecule has 0 aliphatic carbocycles. The molecule has 2 heteroatoms. The molecule has 0 unspecified atom stereocenters. The maximum atomic E-state index is 9.45. The van der Waals surface area contributed by atoms with Gasteiger partial charge in [0.25, 0.3) is 0 Å². The lowest BCUT2D eigenvalue weighted by molar-refractivity contribution is 0.0821. The van der Waals surface area contributed by atoms with Gasteiger partial charge in [0.15, 0.2) is 0 Å². The van der Waals surface area contributed by atoms with Crippen LogP contribution in [0.1, 0.15) is 37.3 Å². The highest BCUT2D eigenvalue weighted by Gasteiger charge is 2.15. The van der Waals surface area contributed by atoms with Crippen molar-refractivity contribution >= 4 is 0 Å². The van der Waals surface area contributed by atoms with Crippen LogP contribution in [0.25, 0.3) is 0 Å². The molecular weight excluding hydrogens is 222 g/mol. The van der Waals surface area contributed by atoms with Crippen LogP contribution in [0.5, 0.6) is 0 Å². The van der Waals surface area contributed by atoms with Crippen molar-refractivity contribution in [3.8, 4) is 0 Å². The zero-order valence-electron chi connectivity index (χ0n) is 11.4. The molecule has 2 nitrogen and oxygen atoms in total. The lowest BCUT2D eigenvalue weighted by Crippen LogP contribution is -2.36. The van der Waals surface area contributed by atoms with Crippen LogP contribution in [0.15, 0.2) is 24.3 Å². The summed E-state index contributed by atoms with van der Waals surface area (Å²) < 4.78 is 0. The molecule has 0 bridgehead atoms. The van der Waals surface area contributed by atoms with Gasteiger partial charge >= 0.3 is 0 Å². The number of piperidine rings is 1. The Kier molecular flexibility index (Phi) is 5.21. The number of nitrogens with zero attached hydrogens (tertiary/aromatic N) is 1. The van der Waals surface area contributed by atoms with Crippen LogP contribution in [0, 0.1) is 0 Å². The molecule has 1 aromatic rings. The summed E-state index contributed by atoms with van der Waals surface area (Å²) in [6, 6.07) is 9.01. The third-order valence-electron chi connectivity index (χ3n) is 3.93. The highest BCUT2D eigenvalue weighted by Crippen LogP contribution is 2.12. The second-order valence-corrected chi connectivity index (χ2v) is 5.35. The predicted octanol–water partition coefficient (Wildman–Crippen LogP) is 2.64. The SMILES string of the molecule is CCc1ccc(CCCN2CCC(O)CC2)cc1. The van der Waals surface area contributed by atoms with Crippen LogP contribution < -0.4 is 0 Å². The summed E-state index contributed by atoms with van der Waals surface area (Å²) in [7, 11) is 0. The second kappa shape index (κ2) is 6.91.